The lowest BCUT2D eigenvalue weighted by molar-refractivity contribution is 0.455. The van der Waals surface area contributed by atoms with E-state index < -0.39 is 0 Å². The van der Waals surface area contributed by atoms with Gasteiger partial charge in [0.1, 0.15) is 0 Å². The van der Waals surface area contributed by atoms with E-state index in [1.807, 2.05) is 12.5 Å². The molecule has 1 rings (SSSR count). The van der Waals surface area contributed by atoms with E-state index in [0.29, 0.717) is 6.04 Å². The Labute approximate surface area is 81.0 Å². The minimum Gasteiger partial charge on any atom is -0.331 e. The van der Waals surface area contributed by atoms with Crippen LogP contribution in [0.4, 0.5) is 0 Å². The third kappa shape index (κ3) is 2.11. The van der Waals surface area contributed by atoms with Gasteiger partial charge in [-0.1, -0.05) is 27.7 Å². The molecule has 0 aliphatic rings. The first kappa shape index (κ1) is 10.3. The summed E-state index contributed by atoms with van der Waals surface area (Å²) in [6.45, 7) is 11.1. The zero-order valence-corrected chi connectivity index (χ0v) is 9.33. The van der Waals surface area contributed by atoms with Crippen molar-refractivity contribution in [2.75, 3.05) is 0 Å². The van der Waals surface area contributed by atoms with Crippen molar-refractivity contribution in [2.24, 2.45) is 0 Å². The molecular weight excluding hydrogens is 160 g/mol. The van der Waals surface area contributed by atoms with Crippen LogP contribution in [0, 0.1) is 0 Å². The molecule has 1 atom stereocenters. The fourth-order valence-electron chi connectivity index (χ4n) is 1.43. The van der Waals surface area contributed by atoms with E-state index in [-0.39, 0.29) is 5.41 Å². The molecular formula is C11H20N2. The summed E-state index contributed by atoms with van der Waals surface area (Å²) < 4.78 is 2.28. The third-order valence-corrected chi connectivity index (χ3v) is 2.50. The Hall–Kier alpha value is -0.790. The molecule has 1 aromatic rings. The fraction of sp³-hybridized carbons (Fsp3) is 0.727. The molecule has 0 spiro atoms. The summed E-state index contributed by atoms with van der Waals surface area (Å²) in [5, 5.41) is 0. The molecule has 2 heteroatoms. The molecule has 13 heavy (non-hydrogen) atoms. The van der Waals surface area contributed by atoms with Crippen LogP contribution in [-0.4, -0.2) is 9.55 Å². The van der Waals surface area contributed by atoms with Crippen LogP contribution in [0.1, 0.15) is 52.8 Å². The molecule has 0 amide bonds. The largest absolute Gasteiger partial charge is 0.331 e. The van der Waals surface area contributed by atoms with Crippen molar-refractivity contribution in [3.63, 3.8) is 0 Å². The van der Waals surface area contributed by atoms with E-state index in [0.717, 1.165) is 6.42 Å². The lowest BCUT2D eigenvalue weighted by Gasteiger charge is -2.23. The average molecular weight is 180 g/mol. The monoisotopic (exact) mass is 180 g/mol. The van der Waals surface area contributed by atoms with E-state index in [4.69, 9.17) is 0 Å². The maximum atomic E-state index is 4.22. The molecule has 0 aromatic carbocycles. The quantitative estimate of drug-likeness (QED) is 0.683. The molecule has 0 aliphatic carbocycles. The number of hydrogen-bond acceptors (Lipinski definition) is 1. The maximum Gasteiger partial charge on any atom is 0.0950 e. The topological polar surface area (TPSA) is 17.8 Å². The SMILES string of the molecule is CCC(C)n1cncc1C(C)(C)C. The Morgan fingerprint density at radius 3 is 2.54 bits per heavy atom. The Kier molecular flexibility index (Phi) is 2.79. The van der Waals surface area contributed by atoms with Crippen molar-refractivity contribution < 1.29 is 0 Å². The van der Waals surface area contributed by atoms with Gasteiger partial charge in [-0.05, 0) is 13.3 Å². The van der Waals surface area contributed by atoms with Crippen molar-refractivity contribution in [3.8, 4) is 0 Å². The zero-order chi connectivity index (χ0) is 10.1. The van der Waals surface area contributed by atoms with Gasteiger partial charge < -0.3 is 4.57 Å². The molecule has 1 heterocycles. The maximum absolute atomic E-state index is 4.22. The Bertz CT molecular complexity index is 268. The number of hydrogen-bond donors (Lipinski definition) is 0. The van der Waals surface area contributed by atoms with E-state index in [9.17, 15) is 0 Å². The molecule has 1 aromatic heterocycles. The molecule has 1 unspecified atom stereocenters. The number of rotatable bonds is 2. The first-order chi connectivity index (χ1) is 5.96. The second-order valence-electron chi connectivity index (χ2n) is 4.69. The van der Waals surface area contributed by atoms with Crippen LogP contribution in [0.15, 0.2) is 12.5 Å². The lowest BCUT2D eigenvalue weighted by Crippen LogP contribution is -2.19. The Morgan fingerprint density at radius 2 is 2.08 bits per heavy atom. The van der Waals surface area contributed by atoms with Gasteiger partial charge in [0.2, 0.25) is 0 Å². The summed E-state index contributed by atoms with van der Waals surface area (Å²) in [6.07, 6.45) is 5.07. The van der Waals surface area contributed by atoms with Crippen molar-refractivity contribution >= 4 is 0 Å². The first-order valence-electron chi connectivity index (χ1n) is 4.99. The fourth-order valence-corrected chi connectivity index (χ4v) is 1.43. The standard InChI is InChI=1S/C11H20N2/c1-6-9(2)13-8-12-7-10(13)11(3,4)5/h7-9H,6H2,1-5H3. The molecule has 0 saturated carbocycles. The Morgan fingerprint density at radius 1 is 1.46 bits per heavy atom. The van der Waals surface area contributed by atoms with Crippen molar-refractivity contribution in [1.29, 1.82) is 0 Å². The minimum absolute atomic E-state index is 0.194. The summed E-state index contributed by atoms with van der Waals surface area (Å²) in [5.74, 6) is 0. The minimum atomic E-state index is 0.194. The van der Waals surface area contributed by atoms with E-state index >= 15 is 0 Å². The second kappa shape index (κ2) is 3.52. The summed E-state index contributed by atoms with van der Waals surface area (Å²) >= 11 is 0. The smallest absolute Gasteiger partial charge is 0.0950 e. The van der Waals surface area contributed by atoms with Crippen LogP contribution in [0.2, 0.25) is 0 Å². The van der Waals surface area contributed by atoms with Crippen LogP contribution in [-0.2, 0) is 5.41 Å². The summed E-state index contributed by atoms with van der Waals surface area (Å²) in [7, 11) is 0. The number of nitrogens with zero attached hydrogens (tertiary/aromatic N) is 2. The highest BCUT2D eigenvalue weighted by molar-refractivity contribution is 5.11. The van der Waals surface area contributed by atoms with Gasteiger partial charge in [-0.3, -0.25) is 0 Å². The molecule has 0 saturated heterocycles. The van der Waals surface area contributed by atoms with Gasteiger partial charge in [0.15, 0.2) is 0 Å². The predicted molar refractivity (Wildman–Crippen MR) is 55.9 cm³/mol. The van der Waals surface area contributed by atoms with Gasteiger partial charge in [0.25, 0.3) is 0 Å². The highest BCUT2D eigenvalue weighted by Crippen LogP contribution is 2.25. The van der Waals surface area contributed by atoms with Gasteiger partial charge in [0.05, 0.1) is 6.33 Å². The van der Waals surface area contributed by atoms with Crippen LogP contribution < -0.4 is 0 Å². The number of imidazole rings is 1. The van der Waals surface area contributed by atoms with Crippen molar-refractivity contribution in [3.05, 3.63) is 18.2 Å². The van der Waals surface area contributed by atoms with Crippen molar-refractivity contribution in [1.82, 2.24) is 9.55 Å². The summed E-state index contributed by atoms with van der Waals surface area (Å²) in [5.41, 5.74) is 1.52. The molecule has 0 radical (unpaired) electrons. The van der Waals surface area contributed by atoms with Gasteiger partial charge in [-0.2, -0.15) is 0 Å². The van der Waals surface area contributed by atoms with Crippen LogP contribution in [0.25, 0.3) is 0 Å². The molecule has 74 valence electrons. The molecule has 2 nitrogen and oxygen atoms in total. The van der Waals surface area contributed by atoms with E-state index in [1.54, 1.807) is 0 Å². The second-order valence-corrected chi connectivity index (χ2v) is 4.69. The molecule has 0 N–H and O–H groups in total. The highest BCUT2D eigenvalue weighted by atomic mass is 15.1. The van der Waals surface area contributed by atoms with Crippen LogP contribution in [0.3, 0.4) is 0 Å². The molecule has 0 fully saturated rings. The zero-order valence-electron chi connectivity index (χ0n) is 9.33. The van der Waals surface area contributed by atoms with E-state index in [2.05, 4.69) is 44.2 Å². The van der Waals surface area contributed by atoms with Gasteiger partial charge in [0, 0.05) is 23.3 Å². The van der Waals surface area contributed by atoms with E-state index in [1.165, 1.54) is 5.69 Å². The van der Waals surface area contributed by atoms with Crippen LogP contribution in [0.5, 0.6) is 0 Å². The first-order valence-corrected chi connectivity index (χ1v) is 4.99. The van der Waals surface area contributed by atoms with Crippen LogP contribution >= 0.6 is 0 Å². The van der Waals surface area contributed by atoms with Crippen molar-refractivity contribution in [2.45, 2.75) is 52.5 Å². The lowest BCUT2D eigenvalue weighted by atomic mass is 9.92. The predicted octanol–water partition coefficient (Wildman–Crippen LogP) is 3.15. The number of aromatic nitrogens is 2. The molecule has 0 bridgehead atoms. The summed E-state index contributed by atoms with van der Waals surface area (Å²) in [6, 6.07) is 0.553. The highest BCUT2D eigenvalue weighted by Gasteiger charge is 2.19. The third-order valence-electron chi connectivity index (χ3n) is 2.50. The summed E-state index contributed by atoms with van der Waals surface area (Å²) in [4.78, 5) is 4.22. The van der Waals surface area contributed by atoms with Gasteiger partial charge >= 0.3 is 0 Å². The van der Waals surface area contributed by atoms with Gasteiger partial charge in [-0.25, -0.2) is 4.98 Å². The van der Waals surface area contributed by atoms with Gasteiger partial charge in [-0.15, -0.1) is 0 Å². The Balaban J connectivity index is 3.03. The average Bonchev–Trinajstić information content (AvgIpc) is 2.49. The molecule has 0 aliphatic heterocycles. The normalized spacial score (nSPS) is 14.5.